The molecule has 0 saturated carbocycles. The molecule has 4 rings (SSSR count). The number of fused-ring (bicyclic) bond motifs is 1. The van der Waals surface area contributed by atoms with Gasteiger partial charge in [0.15, 0.2) is 17.4 Å². The Balaban J connectivity index is 1.77. The van der Waals surface area contributed by atoms with Gasteiger partial charge in [-0.15, -0.1) is 0 Å². The quantitative estimate of drug-likeness (QED) is 0.475. The first kappa shape index (κ1) is 18.0. The fourth-order valence-corrected chi connectivity index (χ4v) is 3.45. The van der Waals surface area contributed by atoms with E-state index in [9.17, 15) is 0 Å². The summed E-state index contributed by atoms with van der Waals surface area (Å²) >= 11 is 0. The highest BCUT2D eigenvalue weighted by atomic mass is 16.5. The number of aromatic amines is 1. The molecule has 0 aliphatic heterocycles. The standard InChI is InChI=1S/C22H23N5O/c1-14-19(20-16(11-23)9-6-10-17(20)26-14)22-25-13-18(28-2)21(27-22)24-12-15-7-4-3-5-8-15/h3-10,13,26H,11-12,23H2,1-2H3,(H,24,25,27). The molecule has 0 saturated heterocycles. The fraction of sp³-hybridized carbons (Fsp3) is 0.182. The Kier molecular flexibility index (Phi) is 4.95. The topological polar surface area (TPSA) is 88.8 Å². The molecule has 0 aliphatic rings. The monoisotopic (exact) mass is 373 g/mol. The Morgan fingerprint density at radius 3 is 2.68 bits per heavy atom. The maximum Gasteiger partial charge on any atom is 0.179 e. The largest absolute Gasteiger partial charge is 0.491 e. The minimum absolute atomic E-state index is 0.455. The van der Waals surface area contributed by atoms with E-state index in [4.69, 9.17) is 15.5 Å². The number of aryl methyl sites for hydroxylation is 1. The number of nitrogens with one attached hydrogen (secondary N) is 2. The van der Waals surface area contributed by atoms with Crippen LogP contribution >= 0.6 is 0 Å². The number of nitrogens with two attached hydrogens (primary N) is 1. The van der Waals surface area contributed by atoms with Crippen LogP contribution in [0.1, 0.15) is 16.8 Å². The van der Waals surface area contributed by atoms with Crippen molar-refractivity contribution in [3.63, 3.8) is 0 Å². The number of ether oxygens (including phenoxy) is 1. The highest BCUT2D eigenvalue weighted by molar-refractivity contribution is 5.98. The van der Waals surface area contributed by atoms with Crippen LogP contribution in [0.15, 0.2) is 54.7 Å². The number of rotatable bonds is 6. The summed E-state index contributed by atoms with van der Waals surface area (Å²) in [4.78, 5) is 12.8. The van der Waals surface area contributed by atoms with Gasteiger partial charge in [-0.05, 0) is 24.1 Å². The zero-order valence-corrected chi connectivity index (χ0v) is 16.0. The zero-order valence-electron chi connectivity index (χ0n) is 16.0. The average molecular weight is 373 g/mol. The van der Waals surface area contributed by atoms with Crippen LogP contribution in [0, 0.1) is 6.92 Å². The molecule has 0 spiro atoms. The molecule has 0 fully saturated rings. The molecule has 0 radical (unpaired) electrons. The molecular formula is C22H23N5O. The van der Waals surface area contributed by atoms with Crippen LogP contribution in [0.4, 0.5) is 5.82 Å². The lowest BCUT2D eigenvalue weighted by Crippen LogP contribution is -2.05. The number of hydrogen-bond acceptors (Lipinski definition) is 5. The van der Waals surface area contributed by atoms with Gasteiger partial charge in [0.05, 0.1) is 13.3 Å². The van der Waals surface area contributed by atoms with Gasteiger partial charge in [-0.2, -0.15) is 0 Å². The van der Waals surface area contributed by atoms with Crippen molar-refractivity contribution < 1.29 is 4.74 Å². The highest BCUT2D eigenvalue weighted by Crippen LogP contribution is 2.34. The van der Waals surface area contributed by atoms with Crippen molar-refractivity contribution in [2.24, 2.45) is 5.73 Å². The van der Waals surface area contributed by atoms with Crippen LogP contribution in [0.25, 0.3) is 22.3 Å². The second-order valence-electron chi connectivity index (χ2n) is 6.62. The first-order valence-corrected chi connectivity index (χ1v) is 9.20. The molecule has 0 aliphatic carbocycles. The average Bonchev–Trinajstić information content (AvgIpc) is 3.08. The molecular weight excluding hydrogens is 350 g/mol. The predicted octanol–water partition coefficient (Wildman–Crippen LogP) is 4.01. The third-order valence-corrected chi connectivity index (χ3v) is 4.82. The van der Waals surface area contributed by atoms with Crippen LogP contribution < -0.4 is 15.8 Å². The normalized spacial score (nSPS) is 11.0. The van der Waals surface area contributed by atoms with Crippen molar-refractivity contribution in [2.45, 2.75) is 20.0 Å². The van der Waals surface area contributed by atoms with E-state index in [0.29, 0.717) is 30.5 Å². The van der Waals surface area contributed by atoms with Gasteiger partial charge in [0.1, 0.15) is 0 Å². The molecule has 2 aromatic heterocycles. The maximum atomic E-state index is 5.97. The predicted molar refractivity (Wildman–Crippen MR) is 112 cm³/mol. The molecule has 6 nitrogen and oxygen atoms in total. The van der Waals surface area contributed by atoms with E-state index in [0.717, 1.165) is 27.7 Å². The van der Waals surface area contributed by atoms with Gasteiger partial charge in [0.2, 0.25) is 0 Å². The number of hydrogen-bond donors (Lipinski definition) is 3. The minimum atomic E-state index is 0.455. The lowest BCUT2D eigenvalue weighted by molar-refractivity contribution is 0.413. The summed E-state index contributed by atoms with van der Waals surface area (Å²) in [5, 5.41) is 4.44. The summed E-state index contributed by atoms with van der Waals surface area (Å²) in [7, 11) is 1.62. The third kappa shape index (κ3) is 3.30. The van der Waals surface area contributed by atoms with Crippen LogP contribution in [0.2, 0.25) is 0 Å². The highest BCUT2D eigenvalue weighted by Gasteiger charge is 2.17. The van der Waals surface area contributed by atoms with Gasteiger partial charge in [-0.3, -0.25) is 0 Å². The summed E-state index contributed by atoms with van der Waals surface area (Å²) in [6.07, 6.45) is 1.71. The molecule has 0 amide bonds. The van der Waals surface area contributed by atoms with E-state index in [1.54, 1.807) is 13.3 Å². The van der Waals surface area contributed by atoms with Crippen LogP contribution in [-0.2, 0) is 13.1 Å². The minimum Gasteiger partial charge on any atom is -0.491 e. The molecule has 28 heavy (non-hydrogen) atoms. The Morgan fingerprint density at radius 2 is 1.93 bits per heavy atom. The smallest absolute Gasteiger partial charge is 0.179 e. The number of anilines is 1. The number of benzene rings is 2. The Morgan fingerprint density at radius 1 is 1.11 bits per heavy atom. The van der Waals surface area contributed by atoms with Crippen LogP contribution in [0.3, 0.4) is 0 Å². The molecule has 0 unspecified atom stereocenters. The molecule has 2 heterocycles. The second kappa shape index (κ2) is 7.70. The molecule has 0 atom stereocenters. The SMILES string of the molecule is COc1cnc(-c2c(C)[nH]c3cccc(CN)c23)nc1NCc1ccccc1. The Bertz CT molecular complexity index is 1100. The van der Waals surface area contributed by atoms with E-state index in [1.807, 2.05) is 43.3 Å². The zero-order chi connectivity index (χ0) is 19.5. The lowest BCUT2D eigenvalue weighted by atomic mass is 10.0. The number of aromatic nitrogens is 3. The third-order valence-electron chi connectivity index (χ3n) is 4.82. The van der Waals surface area contributed by atoms with Crippen LogP contribution in [0.5, 0.6) is 5.75 Å². The summed E-state index contributed by atoms with van der Waals surface area (Å²) in [6.45, 7) is 3.13. The van der Waals surface area contributed by atoms with Crippen LogP contribution in [-0.4, -0.2) is 22.1 Å². The van der Waals surface area contributed by atoms with E-state index in [2.05, 4.69) is 27.4 Å². The van der Waals surface area contributed by atoms with Gasteiger partial charge < -0.3 is 20.8 Å². The van der Waals surface area contributed by atoms with Gasteiger partial charge >= 0.3 is 0 Å². The molecule has 2 aromatic carbocycles. The Hall–Kier alpha value is -3.38. The van der Waals surface area contributed by atoms with Gasteiger partial charge in [0, 0.05) is 35.2 Å². The lowest BCUT2D eigenvalue weighted by Gasteiger charge is -2.12. The van der Waals surface area contributed by atoms with Crippen molar-refractivity contribution in [3.8, 4) is 17.1 Å². The van der Waals surface area contributed by atoms with E-state index < -0.39 is 0 Å². The first-order valence-electron chi connectivity index (χ1n) is 9.20. The van der Waals surface area contributed by atoms with Crippen molar-refractivity contribution in [1.82, 2.24) is 15.0 Å². The molecule has 0 bridgehead atoms. The molecule has 4 N–H and O–H groups in total. The second-order valence-corrected chi connectivity index (χ2v) is 6.62. The van der Waals surface area contributed by atoms with Gasteiger partial charge in [-0.1, -0.05) is 42.5 Å². The fourth-order valence-electron chi connectivity index (χ4n) is 3.45. The van der Waals surface area contributed by atoms with Crippen molar-refractivity contribution in [3.05, 3.63) is 71.5 Å². The molecule has 6 heteroatoms. The Labute approximate surface area is 163 Å². The van der Waals surface area contributed by atoms with Crippen molar-refractivity contribution in [2.75, 3.05) is 12.4 Å². The van der Waals surface area contributed by atoms with Gasteiger partial charge in [-0.25, -0.2) is 9.97 Å². The van der Waals surface area contributed by atoms with E-state index in [-0.39, 0.29) is 0 Å². The van der Waals surface area contributed by atoms with Gasteiger partial charge in [0.25, 0.3) is 0 Å². The van der Waals surface area contributed by atoms with Crippen molar-refractivity contribution in [1.29, 1.82) is 0 Å². The summed E-state index contributed by atoms with van der Waals surface area (Å²) in [6, 6.07) is 16.3. The van der Waals surface area contributed by atoms with E-state index >= 15 is 0 Å². The molecule has 142 valence electrons. The summed E-state index contributed by atoms with van der Waals surface area (Å²) in [5.74, 6) is 1.91. The summed E-state index contributed by atoms with van der Waals surface area (Å²) < 4.78 is 5.45. The number of H-pyrrole nitrogens is 1. The number of methoxy groups -OCH3 is 1. The van der Waals surface area contributed by atoms with Crippen molar-refractivity contribution >= 4 is 16.7 Å². The summed E-state index contributed by atoms with van der Waals surface area (Å²) in [5.41, 5.74) is 11.2. The first-order chi connectivity index (χ1) is 13.7. The maximum absolute atomic E-state index is 5.97. The van der Waals surface area contributed by atoms with E-state index in [1.165, 1.54) is 5.56 Å². The molecule has 4 aromatic rings. The number of nitrogens with zero attached hydrogens (tertiary/aromatic N) is 2.